The highest BCUT2D eigenvalue weighted by molar-refractivity contribution is 5.85. The first-order chi connectivity index (χ1) is 9.82. The monoisotopic (exact) mass is 332 g/mol. The minimum atomic E-state index is -0.414. The van der Waals surface area contributed by atoms with Crippen molar-refractivity contribution in [1.29, 1.82) is 0 Å². The molecule has 1 aromatic carbocycles. The zero-order valence-corrected chi connectivity index (χ0v) is 14.4. The molecule has 6 heteroatoms. The maximum Gasteiger partial charge on any atom is 0.220 e. The van der Waals surface area contributed by atoms with Crippen LogP contribution in [0, 0.1) is 11.7 Å². The number of nitrogens with two attached hydrogens (primary N) is 1. The Kier molecular flexibility index (Phi) is 8.41. The van der Waals surface area contributed by atoms with Crippen LogP contribution >= 0.6 is 12.4 Å². The number of nitrogens with one attached hydrogen (secondary N) is 1. The van der Waals surface area contributed by atoms with Crippen LogP contribution in [0.2, 0.25) is 0 Å². The zero-order chi connectivity index (χ0) is 16.0. The van der Waals surface area contributed by atoms with Crippen LogP contribution in [0.1, 0.15) is 32.8 Å². The third-order valence-corrected chi connectivity index (χ3v) is 3.98. The number of methoxy groups -OCH3 is 1. The van der Waals surface area contributed by atoms with Crippen LogP contribution in [0.15, 0.2) is 18.2 Å². The highest BCUT2D eigenvalue weighted by Crippen LogP contribution is 2.19. The van der Waals surface area contributed by atoms with Crippen molar-refractivity contribution in [3.8, 4) is 5.75 Å². The Morgan fingerprint density at radius 1 is 1.45 bits per heavy atom. The van der Waals surface area contributed by atoms with Crippen LogP contribution in [0.5, 0.6) is 5.75 Å². The van der Waals surface area contributed by atoms with E-state index in [1.165, 1.54) is 13.2 Å². The number of rotatable bonds is 7. The number of benzene rings is 1. The number of hydrogen-bond donors (Lipinski definition) is 2. The topological polar surface area (TPSA) is 64.3 Å². The molecule has 1 rings (SSSR count). The first-order valence-electron chi connectivity index (χ1n) is 7.16. The van der Waals surface area contributed by atoms with Gasteiger partial charge in [-0.3, -0.25) is 4.79 Å². The largest absolute Gasteiger partial charge is 0.494 e. The molecule has 1 aromatic rings. The van der Waals surface area contributed by atoms with Crippen LogP contribution in [0.4, 0.5) is 4.39 Å². The van der Waals surface area contributed by atoms with E-state index < -0.39 is 11.4 Å². The average Bonchev–Trinajstić information content (AvgIpc) is 2.44. The summed E-state index contributed by atoms with van der Waals surface area (Å²) >= 11 is 0. The number of amides is 1. The third kappa shape index (κ3) is 5.46. The SMILES string of the molecule is COc1ccc(CCC(=O)NC(C)(CN)C(C)C)cc1F.Cl. The molecule has 1 amide bonds. The molecule has 4 nitrogen and oxygen atoms in total. The molecular weight excluding hydrogens is 307 g/mol. The highest BCUT2D eigenvalue weighted by atomic mass is 35.5. The molecule has 0 fully saturated rings. The van der Waals surface area contributed by atoms with Gasteiger partial charge in [0.15, 0.2) is 11.6 Å². The van der Waals surface area contributed by atoms with Crippen molar-refractivity contribution in [2.24, 2.45) is 11.7 Å². The van der Waals surface area contributed by atoms with Crippen molar-refractivity contribution in [3.63, 3.8) is 0 Å². The van der Waals surface area contributed by atoms with Gasteiger partial charge in [-0.1, -0.05) is 19.9 Å². The fourth-order valence-corrected chi connectivity index (χ4v) is 1.94. The van der Waals surface area contributed by atoms with Gasteiger partial charge >= 0.3 is 0 Å². The fraction of sp³-hybridized carbons (Fsp3) is 0.562. The minimum absolute atomic E-state index is 0. The van der Waals surface area contributed by atoms with Gasteiger partial charge < -0.3 is 15.8 Å². The van der Waals surface area contributed by atoms with E-state index in [0.29, 0.717) is 19.4 Å². The second-order valence-corrected chi connectivity index (χ2v) is 5.79. The lowest BCUT2D eigenvalue weighted by atomic mass is 9.88. The van der Waals surface area contributed by atoms with Crippen LogP contribution in [-0.2, 0) is 11.2 Å². The Hall–Kier alpha value is -1.33. The zero-order valence-electron chi connectivity index (χ0n) is 13.6. The van der Waals surface area contributed by atoms with Crippen LogP contribution in [0.3, 0.4) is 0 Å². The van der Waals surface area contributed by atoms with Crippen LogP contribution in [-0.4, -0.2) is 25.1 Å². The summed E-state index contributed by atoms with van der Waals surface area (Å²) in [5, 5.41) is 2.97. The van der Waals surface area contributed by atoms with E-state index in [0.717, 1.165) is 5.56 Å². The van der Waals surface area contributed by atoms with Crippen molar-refractivity contribution in [1.82, 2.24) is 5.32 Å². The summed E-state index contributed by atoms with van der Waals surface area (Å²) in [6.45, 7) is 6.36. The molecule has 0 radical (unpaired) electrons. The van der Waals surface area contributed by atoms with E-state index in [1.807, 2.05) is 20.8 Å². The second-order valence-electron chi connectivity index (χ2n) is 5.79. The molecule has 0 saturated carbocycles. The van der Waals surface area contributed by atoms with Crippen molar-refractivity contribution in [2.45, 2.75) is 39.2 Å². The van der Waals surface area contributed by atoms with Crippen molar-refractivity contribution in [2.75, 3.05) is 13.7 Å². The van der Waals surface area contributed by atoms with E-state index in [-0.39, 0.29) is 30.0 Å². The number of carbonyl (C=O) groups is 1. The number of halogens is 2. The lowest BCUT2D eigenvalue weighted by Gasteiger charge is -2.33. The predicted octanol–water partition coefficient (Wildman–Crippen LogP) is 2.68. The normalized spacial score (nSPS) is 13.2. The molecule has 0 aromatic heterocycles. The van der Waals surface area contributed by atoms with Crippen molar-refractivity contribution >= 4 is 18.3 Å². The fourth-order valence-electron chi connectivity index (χ4n) is 1.94. The Bertz CT molecular complexity index is 497. The quantitative estimate of drug-likeness (QED) is 0.807. The maximum atomic E-state index is 13.6. The molecule has 22 heavy (non-hydrogen) atoms. The predicted molar refractivity (Wildman–Crippen MR) is 89.0 cm³/mol. The highest BCUT2D eigenvalue weighted by Gasteiger charge is 2.28. The van der Waals surface area contributed by atoms with Gasteiger partial charge in [0.2, 0.25) is 5.91 Å². The summed E-state index contributed by atoms with van der Waals surface area (Å²) in [4.78, 5) is 12.0. The summed E-state index contributed by atoms with van der Waals surface area (Å²) in [7, 11) is 1.42. The molecule has 0 aliphatic heterocycles. The number of aryl methyl sites for hydroxylation is 1. The molecule has 0 aliphatic carbocycles. The van der Waals surface area contributed by atoms with Gasteiger partial charge in [0, 0.05) is 13.0 Å². The Morgan fingerprint density at radius 3 is 2.55 bits per heavy atom. The Morgan fingerprint density at radius 2 is 2.09 bits per heavy atom. The molecule has 0 bridgehead atoms. The molecule has 0 heterocycles. The molecule has 0 aliphatic rings. The lowest BCUT2D eigenvalue weighted by Crippen LogP contribution is -2.55. The molecule has 126 valence electrons. The molecular formula is C16H26ClFN2O2. The summed E-state index contributed by atoms with van der Waals surface area (Å²) in [5.74, 6) is -0.0409. The van der Waals surface area contributed by atoms with Gasteiger partial charge in [-0.2, -0.15) is 0 Å². The molecule has 0 saturated heterocycles. The van der Waals surface area contributed by atoms with Gasteiger partial charge in [0.05, 0.1) is 12.6 Å². The van der Waals surface area contributed by atoms with Gasteiger partial charge in [-0.25, -0.2) is 4.39 Å². The molecule has 1 atom stereocenters. The summed E-state index contributed by atoms with van der Waals surface area (Å²) in [6, 6.07) is 4.73. The van der Waals surface area contributed by atoms with Gasteiger partial charge in [-0.05, 0) is 37.0 Å². The van der Waals surface area contributed by atoms with E-state index in [9.17, 15) is 9.18 Å². The van der Waals surface area contributed by atoms with Crippen LogP contribution in [0.25, 0.3) is 0 Å². The van der Waals surface area contributed by atoms with E-state index in [2.05, 4.69) is 5.32 Å². The molecule has 0 spiro atoms. The van der Waals surface area contributed by atoms with E-state index in [4.69, 9.17) is 10.5 Å². The first-order valence-corrected chi connectivity index (χ1v) is 7.16. The van der Waals surface area contributed by atoms with E-state index >= 15 is 0 Å². The summed E-state index contributed by atoms with van der Waals surface area (Å²) in [5.41, 5.74) is 6.09. The Balaban J connectivity index is 0.00000441. The Labute approximate surface area is 138 Å². The number of carbonyl (C=O) groups excluding carboxylic acids is 1. The van der Waals surface area contributed by atoms with Gasteiger partial charge in [-0.15, -0.1) is 12.4 Å². The maximum absolute atomic E-state index is 13.6. The molecule has 3 N–H and O–H groups in total. The third-order valence-electron chi connectivity index (χ3n) is 3.98. The first kappa shape index (κ1) is 20.7. The lowest BCUT2D eigenvalue weighted by molar-refractivity contribution is -0.123. The second kappa shape index (κ2) is 8.96. The smallest absolute Gasteiger partial charge is 0.220 e. The van der Waals surface area contributed by atoms with Crippen molar-refractivity contribution in [3.05, 3.63) is 29.6 Å². The van der Waals surface area contributed by atoms with E-state index in [1.54, 1.807) is 12.1 Å². The molecule has 1 unspecified atom stereocenters. The minimum Gasteiger partial charge on any atom is -0.494 e. The van der Waals surface area contributed by atoms with Gasteiger partial charge in [0.25, 0.3) is 0 Å². The van der Waals surface area contributed by atoms with Crippen molar-refractivity contribution < 1.29 is 13.9 Å². The summed E-state index contributed by atoms with van der Waals surface area (Å²) in [6.07, 6.45) is 0.777. The number of ether oxygens (including phenoxy) is 1. The average molecular weight is 333 g/mol. The number of hydrogen-bond acceptors (Lipinski definition) is 3. The summed E-state index contributed by atoms with van der Waals surface area (Å²) < 4.78 is 18.4. The van der Waals surface area contributed by atoms with Crippen LogP contribution < -0.4 is 15.8 Å². The van der Waals surface area contributed by atoms with Gasteiger partial charge in [0.1, 0.15) is 0 Å². The standard InChI is InChI=1S/C16H25FN2O2.ClH/c1-11(2)16(3,10-18)19-15(20)8-6-12-5-7-14(21-4)13(17)9-12;/h5,7,9,11H,6,8,10,18H2,1-4H3,(H,19,20);1H.